The van der Waals surface area contributed by atoms with Gasteiger partial charge in [0.15, 0.2) is 0 Å². The average Bonchev–Trinajstić information content (AvgIpc) is 3.21. The van der Waals surface area contributed by atoms with E-state index in [2.05, 4.69) is 71.5 Å². The van der Waals surface area contributed by atoms with E-state index in [1.807, 2.05) is 0 Å². The smallest absolute Gasteiger partial charge is 0.117 e. The third-order valence-electron chi connectivity index (χ3n) is 5.84. The van der Waals surface area contributed by atoms with E-state index in [0.717, 1.165) is 52.4 Å². The summed E-state index contributed by atoms with van der Waals surface area (Å²) in [7, 11) is 0. The summed E-state index contributed by atoms with van der Waals surface area (Å²) in [6.07, 6.45) is 1.02. The highest BCUT2D eigenvalue weighted by Gasteiger charge is 2.41. The van der Waals surface area contributed by atoms with Gasteiger partial charge in [-0.1, -0.05) is 54.4 Å². The summed E-state index contributed by atoms with van der Waals surface area (Å²) in [6, 6.07) is 11.1. The number of halogens is 1. The molecule has 2 aliphatic rings. The third-order valence-corrected chi connectivity index (χ3v) is 6.28. The molecule has 2 unspecified atom stereocenters. The van der Waals surface area contributed by atoms with E-state index >= 15 is 0 Å². The summed E-state index contributed by atoms with van der Waals surface area (Å²) >= 11 is 7.37. The monoisotopic (exact) mass is 376 g/mol. The lowest BCUT2D eigenvalue weighted by Crippen LogP contribution is -2.54. The predicted octanol–water partition coefficient (Wildman–Crippen LogP) is 3.18. The molecule has 2 fully saturated rings. The summed E-state index contributed by atoms with van der Waals surface area (Å²) in [5.74, 6) is 0. The molecule has 2 atom stereocenters. The highest BCUT2D eigenvalue weighted by molar-refractivity contribution is 6.25. The van der Waals surface area contributed by atoms with Gasteiger partial charge in [-0.25, -0.2) is 0 Å². The average molecular weight is 377 g/mol. The first-order valence-electron chi connectivity index (χ1n) is 9.90. The first-order valence-corrected chi connectivity index (χ1v) is 10.3. The van der Waals surface area contributed by atoms with Crippen molar-refractivity contribution in [3.8, 4) is 0 Å². The van der Waals surface area contributed by atoms with E-state index in [0.29, 0.717) is 0 Å². The second-order valence-corrected chi connectivity index (χ2v) is 8.26. The Morgan fingerprint density at radius 1 is 1.12 bits per heavy atom. The Bertz CT molecular complexity index is 602. The molecule has 5 heteroatoms. The van der Waals surface area contributed by atoms with Crippen LogP contribution in [0, 0.1) is 0 Å². The molecule has 0 bridgehead atoms. The SMILES string of the molecule is CCC(C)=C(C(c1ccccc1)N1CCNC1)C(C)(Cl)N1CCNCC1. The van der Waals surface area contributed by atoms with Crippen LogP contribution in [0.2, 0.25) is 0 Å². The van der Waals surface area contributed by atoms with Gasteiger partial charge < -0.3 is 10.6 Å². The summed E-state index contributed by atoms with van der Waals surface area (Å²) in [4.78, 5) is 4.50. The van der Waals surface area contributed by atoms with Crippen LogP contribution in [0.15, 0.2) is 41.5 Å². The second kappa shape index (κ2) is 8.85. The lowest BCUT2D eigenvalue weighted by atomic mass is 9.86. The van der Waals surface area contributed by atoms with Gasteiger partial charge in [0.05, 0.1) is 6.04 Å². The minimum absolute atomic E-state index is 0.212. The van der Waals surface area contributed by atoms with Gasteiger partial charge >= 0.3 is 0 Å². The number of hydrogen-bond donors (Lipinski definition) is 2. The lowest BCUT2D eigenvalue weighted by Gasteiger charge is -2.45. The van der Waals surface area contributed by atoms with Crippen molar-refractivity contribution >= 4 is 11.6 Å². The molecule has 0 spiro atoms. The minimum atomic E-state index is -0.481. The molecular weight excluding hydrogens is 344 g/mol. The van der Waals surface area contributed by atoms with Gasteiger partial charge in [0, 0.05) is 45.9 Å². The minimum Gasteiger partial charge on any atom is -0.314 e. The van der Waals surface area contributed by atoms with Gasteiger partial charge in [0.25, 0.3) is 0 Å². The van der Waals surface area contributed by atoms with Gasteiger partial charge in [0.2, 0.25) is 0 Å². The van der Waals surface area contributed by atoms with Gasteiger partial charge in [-0.2, -0.15) is 0 Å². The number of piperazine rings is 1. The van der Waals surface area contributed by atoms with Gasteiger partial charge in [0.1, 0.15) is 5.00 Å². The molecule has 2 saturated heterocycles. The lowest BCUT2D eigenvalue weighted by molar-refractivity contribution is 0.153. The molecule has 2 aliphatic heterocycles. The first-order chi connectivity index (χ1) is 12.6. The van der Waals surface area contributed by atoms with Gasteiger partial charge in [-0.05, 0) is 31.4 Å². The van der Waals surface area contributed by atoms with E-state index in [1.165, 1.54) is 16.7 Å². The topological polar surface area (TPSA) is 30.5 Å². The molecule has 26 heavy (non-hydrogen) atoms. The summed E-state index contributed by atoms with van der Waals surface area (Å²) in [5.41, 5.74) is 4.10. The van der Waals surface area contributed by atoms with Crippen molar-refractivity contribution in [1.29, 1.82) is 0 Å². The predicted molar refractivity (Wildman–Crippen MR) is 110 cm³/mol. The van der Waals surface area contributed by atoms with Crippen molar-refractivity contribution in [3.05, 3.63) is 47.0 Å². The van der Waals surface area contributed by atoms with Crippen molar-refractivity contribution in [2.24, 2.45) is 0 Å². The number of allylic oxidation sites excluding steroid dienone is 1. The molecule has 0 aromatic heterocycles. The molecule has 4 nitrogen and oxygen atoms in total. The fraction of sp³-hybridized carbons (Fsp3) is 0.619. The van der Waals surface area contributed by atoms with E-state index < -0.39 is 5.00 Å². The van der Waals surface area contributed by atoms with Crippen molar-refractivity contribution in [3.63, 3.8) is 0 Å². The zero-order valence-electron chi connectivity index (χ0n) is 16.4. The molecule has 0 radical (unpaired) electrons. The van der Waals surface area contributed by atoms with Crippen LogP contribution < -0.4 is 10.6 Å². The molecule has 0 aliphatic carbocycles. The quantitative estimate of drug-likeness (QED) is 0.453. The summed E-state index contributed by atoms with van der Waals surface area (Å²) < 4.78 is 0. The molecule has 2 N–H and O–H groups in total. The number of nitrogens with zero attached hydrogens (tertiary/aromatic N) is 2. The maximum atomic E-state index is 7.37. The number of rotatable bonds is 6. The zero-order valence-corrected chi connectivity index (χ0v) is 17.1. The molecule has 1 aromatic carbocycles. The molecule has 3 rings (SSSR count). The van der Waals surface area contributed by atoms with E-state index in [-0.39, 0.29) is 6.04 Å². The Morgan fingerprint density at radius 2 is 1.77 bits per heavy atom. The Hall–Kier alpha value is -0.910. The van der Waals surface area contributed by atoms with E-state index in [9.17, 15) is 0 Å². The Balaban J connectivity index is 2.06. The Labute approximate surface area is 163 Å². The maximum Gasteiger partial charge on any atom is 0.117 e. The number of hydrogen-bond acceptors (Lipinski definition) is 4. The van der Waals surface area contributed by atoms with Crippen molar-refractivity contribution in [1.82, 2.24) is 20.4 Å². The largest absolute Gasteiger partial charge is 0.314 e. The molecule has 1 aromatic rings. The first kappa shape index (κ1) is 19.8. The van der Waals surface area contributed by atoms with Crippen molar-refractivity contribution in [2.45, 2.75) is 38.2 Å². The molecular formula is C21H33ClN4. The van der Waals surface area contributed by atoms with E-state index in [1.54, 1.807) is 0 Å². The molecule has 2 heterocycles. The highest BCUT2D eigenvalue weighted by Crippen LogP contribution is 2.43. The van der Waals surface area contributed by atoms with Gasteiger partial charge in [-0.3, -0.25) is 9.80 Å². The molecule has 0 amide bonds. The number of alkyl halides is 1. The summed E-state index contributed by atoms with van der Waals surface area (Å²) in [5, 5.41) is 6.95. The van der Waals surface area contributed by atoms with Crippen LogP contribution in [-0.4, -0.2) is 60.7 Å². The van der Waals surface area contributed by atoms with Crippen LogP contribution in [-0.2, 0) is 0 Å². The van der Waals surface area contributed by atoms with Crippen LogP contribution in [0.1, 0.15) is 38.8 Å². The van der Waals surface area contributed by atoms with E-state index in [4.69, 9.17) is 11.6 Å². The van der Waals surface area contributed by atoms with Crippen molar-refractivity contribution in [2.75, 3.05) is 45.9 Å². The maximum absolute atomic E-state index is 7.37. The molecule has 0 saturated carbocycles. The highest BCUT2D eigenvalue weighted by atomic mass is 35.5. The van der Waals surface area contributed by atoms with Crippen LogP contribution >= 0.6 is 11.6 Å². The molecule has 144 valence electrons. The number of nitrogens with one attached hydrogen (secondary N) is 2. The van der Waals surface area contributed by atoms with Crippen molar-refractivity contribution < 1.29 is 0 Å². The van der Waals surface area contributed by atoms with Crippen LogP contribution in [0.25, 0.3) is 0 Å². The number of benzene rings is 1. The van der Waals surface area contributed by atoms with Crippen LogP contribution in [0.4, 0.5) is 0 Å². The third kappa shape index (κ3) is 4.15. The zero-order chi connectivity index (χ0) is 18.6. The fourth-order valence-electron chi connectivity index (χ4n) is 4.26. The second-order valence-electron chi connectivity index (χ2n) is 7.52. The Kier molecular flexibility index (Phi) is 6.76. The van der Waals surface area contributed by atoms with Crippen LogP contribution in [0.3, 0.4) is 0 Å². The fourth-order valence-corrected chi connectivity index (χ4v) is 4.69. The van der Waals surface area contributed by atoms with Gasteiger partial charge in [-0.15, -0.1) is 0 Å². The summed E-state index contributed by atoms with van der Waals surface area (Å²) in [6.45, 7) is 13.7. The Morgan fingerprint density at radius 3 is 2.35 bits per heavy atom. The standard InChI is InChI=1S/C21H33ClN4/c1-4-17(2)19(21(3,22)26-14-11-23-12-15-26)20(25-13-10-24-16-25)18-8-6-5-7-9-18/h5-9,20,23-24H,4,10-16H2,1-3H3. The van der Waals surface area contributed by atoms with Crippen LogP contribution in [0.5, 0.6) is 0 Å². The normalized spacial score (nSPS) is 24.2.